The maximum Gasteiger partial charge on any atom is 0.157 e. The van der Waals surface area contributed by atoms with Crippen molar-refractivity contribution in [2.24, 2.45) is 5.92 Å². The van der Waals surface area contributed by atoms with Crippen LogP contribution in [0, 0.1) is 12.8 Å². The van der Waals surface area contributed by atoms with E-state index in [1.807, 2.05) is 10.8 Å². The number of benzene rings is 1. The predicted octanol–water partition coefficient (Wildman–Crippen LogP) is 2.56. The van der Waals surface area contributed by atoms with Crippen LogP contribution in [0.1, 0.15) is 12.0 Å². The fraction of sp³-hybridized carbons (Fsp3) is 0.400. The summed E-state index contributed by atoms with van der Waals surface area (Å²) in [5.41, 5.74) is 2.36. The van der Waals surface area contributed by atoms with Crippen molar-refractivity contribution < 1.29 is 9.53 Å². The van der Waals surface area contributed by atoms with Crippen LogP contribution in [0.5, 0.6) is 0 Å². The third kappa shape index (κ3) is 2.06. The van der Waals surface area contributed by atoms with Gasteiger partial charge in [-0.15, -0.1) is 0 Å². The molecule has 0 N–H and O–H groups in total. The van der Waals surface area contributed by atoms with Gasteiger partial charge < -0.3 is 9.30 Å². The Morgan fingerprint density at radius 3 is 3.11 bits per heavy atom. The summed E-state index contributed by atoms with van der Waals surface area (Å²) in [6, 6.07) is 8.39. The van der Waals surface area contributed by atoms with E-state index in [0.29, 0.717) is 13.2 Å². The molecule has 1 saturated heterocycles. The van der Waals surface area contributed by atoms with Crippen LogP contribution in [-0.2, 0) is 16.1 Å². The molecule has 1 fully saturated rings. The highest BCUT2D eigenvalue weighted by atomic mass is 16.5. The summed E-state index contributed by atoms with van der Waals surface area (Å²) < 4.78 is 7.32. The number of carbonyl (C=O) groups is 1. The van der Waals surface area contributed by atoms with Crippen molar-refractivity contribution in [1.82, 2.24) is 4.57 Å². The Hall–Kier alpha value is -1.61. The lowest BCUT2D eigenvalue weighted by atomic mass is 10.0. The maximum absolute atomic E-state index is 12.1. The second kappa shape index (κ2) is 4.58. The monoisotopic (exact) mass is 243 g/mol. The lowest BCUT2D eigenvalue weighted by molar-refractivity contribution is -0.123. The van der Waals surface area contributed by atoms with Gasteiger partial charge >= 0.3 is 0 Å². The molecule has 1 atom stereocenters. The minimum absolute atomic E-state index is 0.0901. The second-order valence-electron chi connectivity index (χ2n) is 5.03. The van der Waals surface area contributed by atoms with Gasteiger partial charge in [0.25, 0.3) is 0 Å². The topological polar surface area (TPSA) is 31.2 Å². The first-order valence-electron chi connectivity index (χ1n) is 6.40. The molecule has 0 aliphatic carbocycles. The van der Waals surface area contributed by atoms with E-state index < -0.39 is 0 Å². The Morgan fingerprint density at radius 1 is 1.44 bits per heavy atom. The summed E-state index contributed by atoms with van der Waals surface area (Å²) in [5, 5.41) is 1.19. The highest BCUT2D eigenvalue weighted by Gasteiger charge is 2.23. The van der Waals surface area contributed by atoms with Crippen molar-refractivity contribution in [2.75, 3.05) is 13.2 Å². The zero-order valence-electron chi connectivity index (χ0n) is 10.6. The average Bonchev–Trinajstić information content (AvgIpc) is 2.99. The largest absolute Gasteiger partial charge is 0.381 e. The standard InChI is InChI=1S/C15H17NO2/c1-11-2-3-12-4-6-16(14(12)8-11)9-15(17)13-5-7-18-10-13/h2-4,6,8,13H,5,7,9-10H2,1H3. The Kier molecular flexibility index (Phi) is 2.92. The third-order valence-electron chi connectivity index (χ3n) is 3.64. The Balaban J connectivity index is 1.85. The second-order valence-corrected chi connectivity index (χ2v) is 5.03. The highest BCUT2D eigenvalue weighted by molar-refractivity contribution is 5.85. The van der Waals surface area contributed by atoms with Gasteiger partial charge in [0.15, 0.2) is 5.78 Å². The number of ketones is 1. The molecule has 3 heteroatoms. The van der Waals surface area contributed by atoms with Crippen molar-refractivity contribution in [2.45, 2.75) is 19.9 Å². The van der Waals surface area contributed by atoms with Crippen molar-refractivity contribution in [3.8, 4) is 0 Å². The number of hydrogen-bond acceptors (Lipinski definition) is 2. The first-order chi connectivity index (χ1) is 8.74. The van der Waals surface area contributed by atoms with Crippen LogP contribution < -0.4 is 0 Å². The van der Waals surface area contributed by atoms with Gasteiger partial charge in [-0.1, -0.05) is 12.1 Å². The molecule has 2 heterocycles. The molecular weight excluding hydrogens is 226 g/mol. The molecule has 0 bridgehead atoms. The Morgan fingerprint density at radius 2 is 2.33 bits per heavy atom. The van der Waals surface area contributed by atoms with Gasteiger partial charge in [-0.25, -0.2) is 0 Å². The van der Waals surface area contributed by atoms with E-state index in [1.165, 1.54) is 10.9 Å². The normalized spacial score (nSPS) is 19.5. The average molecular weight is 243 g/mol. The summed E-state index contributed by atoms with van der Waals surface area (Å²) >= 11 is 0. The number of nitrogens with zero attached hydrogens (tertiary/aromatic N) is 1. The molecule has 1 unspecified atom stereocenters. The molecule has 18 heavy (non-hydrogen) atoms. The molecule has 3 rings (SSSR count). The van der Waals surface area contributed by atoms with Crippen LogP contribution in [-0.4, -0.2) is 23.6 Å². The van der Waals surface area contributed by atoms with E-state index >= 15 is 0 Å². The summed E-state index contributed by atoms with van der Waals surface area (Å²) in [6.07, 6.45) is 2.87. The number of Topliss-reactive ketones (excluding diaryl/α,β-unsaturated/α-hetero) is 1. The molecule has 0 spiro atoms. The number of aromatic nitrogens is 1. The van der Waals surface area contributed by atoms with Gasteiger partial charge in [-0.3, -0.25) is 4.79 Å². The zero-order valence-corrected chi connectivity index (χ0v) is 10.6. The Labute approximate surface area is 106 Å². The number of hydrogen-bond donors (Lipinski definition) is 0. The van der Waals surface area contributed by atoms with Crippen molar-refractivity contribution in [3.05, 3.63) is 36.0 Å². The minimum atomic E-state index is 0.0901. The van der Waals surface area contributed by atoms with Gasteiger partial charge in [-0.2, -0.15) is 0 Å². The summed E-state index contributed by atoms with van der Waals surface area (Å²) in [5.74, 6) is 0.374. The number of ether oxygens (including phenoxy) is 1. The number of rotatable bonds is 3. The van der Waals surface area contributed by atoms with E-state index in [4.69, 9.17) is 4.74 Å². The molecule has 1 aliphatic heterocycles. The number of carbonyl (C=O) groups excluding carboxylic acids is 1. The molecule has 1 aliphatic rings. The summed E-state index contributed by atoms with van der Waals surface area (Å²) in [6.45, 7) is 3.85. The summed E-state index contributed by atoms with van der Waals surface area (Å²) in [7, 11) is 0. The van der Waals surface area contributed by atoms with E-state index in [9.17, 15) is 4.79 Å². The van der Waals surface area contributed by atoms with Gasteiger partial charge in [0.2, 0.25) is 0 Å². The van der Waals surface area contributed by atoms with Gasteiger partial charge in [0.1, 0.15) is 0 Å². The first kappa shape index (κ1) is 11.5. The molecule has 2 aromatic rings. The molecule has 0 amide bonds. The van der Waals surface area contributed by atoms with E-state index in [-0.39, 0.29) is 11.7 Å². The van der Waals surface area contributed by atoms with Gasteiger partial charge in [-0.05, 0) is 36.4 Å². The van der Waals surface area contributed by atoms with Crippen molar-refractivity contribution >= 4 is 16.7 Å². The lowest BCUT2D eigenvalue weighted by Gasteiger charge is -2.09. The quantitative estimate of drug-likeness (QED) is 0.829. The minimum Gasteiger partial charge on any atom is -0.381 e. The molecule has 1 aromatic heterocycles. The predicted molar refractivity (Wildman–Crippen MR) is 70.6 cm³/mol. The van der Waals surface area contributed by atoms with E-state index in [1.54, 1.807) is 0 Å². The van der Waals surface area contributed by atoms with E-state index in [2.05, 4.69) is 31.2 Å². The fourth-order valence-electron chi connectivity index (χ4n) is 2.52. The van der Waals surface area contributed by atoms with Crippen LogP contribution in [0.15, 0.2) is 30.5 Å². The maximum atomic E-state index is 12.1. The molecule has 0 saturated carbocycles. The van der Waals surface area contributed by atoms with Crippen LogP contribution in [0.3, 0.4) is 0 Å². The molecule has 94 valence electrons. The Bertz CT molecular complexity index is 579. The fourth-order valence-corrected chi connectivity index (χ4v) is 2.52. The molecule has 0 radical (unpaired) electrons. The smallest absolute Gasteiger partial charge is 0.157 e. The molecule has 3 nitrogen and oxygen atoms in total. The van der Waals surface area contributed by atoms with Crippen molar-refractivity contribution in [1.29, 1.82) is 0 Å². The van der Waals surface area contributed by atoms with Crippen LogP contribution >= 0.6 is 0 Å². The first-order valence-corrected chi connectivity index (χ1v) is 6.40. The lowest BCUT2D eigenvalue weighted by Crippen LogP contribution is -2.19. The van der Waals surface area contributed by atoms with Gasteiger partial charge in [0.05, 0.1) is 13.2 Å². The van der Waals surface area contributed by atoms with Crippen molar-refractivity contribution in [3.63, 3.8) is 0 Å². The number of aryl methyl sites for hydroxylation is 1. The molecular formula is C15H17NO2. The van der Waals surface area contributed by atoms with Crippen LogP contribution in [0.4, 0.5) is 0 Å². The van der Waals surface area contributed by atoms with Crippen LogP contribution in [0.2, 0.25) is 0 Å². The van der Waals surface area contributed by atoms with E-state index in [0.717, 1.165) is 18.5 Å². The highest BCUT2D eigenvalue weighted by Crippen LogP contribution is 2.19. The SMILES string of the molecule is Cc1ccc2ccn(CC(=O)C3CCOC3)c2c1. The third-order valence-corrected chi connectivity index (χ3v) is 3.64. The van der Waals surface area contributed by atoms with Crippen LogP contribution in [0.25, 0.3) is 10.9 Å². The number of fused-ring (bicyclic) bond motifs is 1. The van der Waals surface area contributed by atoms with Gasteiger partial charge in [0, 0.05) is 24.2 Å². The summed E-state index contributed by atoms with van der Waals surface area (Å²) in [4.78, 5) is 12.1. The zero-order chi connectivity index (χ0) is 12.5. The molecule has 1 aromatic carbocycles.